The second kappa shape index (κ2) is 19.1. The third kappa shape index (κ3) is 8.20. The predicted octanol–water partition coefficient (Wildman–Crippen LogP) is 11.3. The minimum atomic E-state index is -1.20. The van der Waals surface area contributed by atoms with E-state index in [4.69, 9.17) is 49.3 Å². The quantitative estimate of drug-likeness (QED) is 0.0957. The van der Waals surface area contributed by atoms with E-state index in [0.717, 1.165) is 11.1 Å². The van der Waals surface area contributed by atoms with Gasteiger partial charge >= 0.3 is 29.0 Å². The fraction of sp³-hybridized carbons (Fsp3) is 0. The van der Waals surface area contributed by atoms with Crippen LogP contribution >= 0.6 is 0 Å². The van der Waals surface area contributed by atoms with Crippen LogP contribution in [0.4, 0.5) is 0 Å². The van der Waals surface area contributed by atoms with Crippen molar-refractivity contribution in [1.29, 1.82) is 0 Å². The van der Waals surface area contributed by atoms with E-state index in [2.05, 4.69) is 0 Å². The molecule has 0 spiro atoms. The minimum Gasteiger partial charge on any atom is -0.478 e. The first-order chi connectivity index (χ1) is 37.2. The Morgan fingerprint density at radius 2 is 0.675 bits per heavy atom. The van der Waals surface area contributed by atoms with Gasteiger partial charge in [-0.05, 0) is 103 Å². The van der Waals surface area contributed by atoms with Crippen LogP contribution in [-0.2, 0) is 26.7 Å². The number of rotatable bonds is 10. The van der Waals surface area contributed by atoms with Gasteiger partial charge in [0.2, 0.25) is 0 Å². The molecule has 0 saturated heterocycles. The molecule has 8 aromatic carbocycles. The van der Waals surface area contributed by atoms with Crippen molar-refractivity contribution in [3.63, 3.8) is 0 Å². The number of carboxylic acids is 2. The molecule has 2 aliphatic heterocycles. The van der Waals surface area contributed by atoms with Crippen LogP contribution < -0.4 is 19.4 Å². The van der Waals surface area contributed by atoms with Gasteiger partial charge in [-0.25, -0.2) is 19.6 Å². The largest absolute Gasteiger partial charge is 2.00 e. The Kier molecular flexibility index (Phi) is 11.8. The molecule has 0 fully saturated rings. The average Bonchev–Trinajstić information content (AvgIpc) is 4.24. The van der Waals surface area contributed by atoms with E-state index in [-0.39, 0.29) is 85.6 Å². The van der Waals surface area contributed by atoms with Gasteiger partial charge in [-0.2, -0.15) is 0 Å². The summed E-state index contributed by atoms with van der Waals surface area (Å²) in [6, 6.07) is 50.0. The van der Waals surface area contributed by atoms with Gasteiger partial charge in [-0.1, -0.05) is 121 Å². The van der Waals surface area contributed by atoms with Crippen molar-refractivity contribution >= 4 is 69.0 Å². The molecular formula is C60H32CuN8O8. The Hall–Kier alpha value is -10.5. The van der Waals surface area contributed by atoms with Gasteiger partial charge in [-0.15, -0.1) is 0 Å². The van der Waals surface area contributed by atoms with Crippen LogP contribution in [0.25, 0.3) is 134 Å². The average molecular weight is 1060 g/mol. The number of aromatic carboxylic acids is 2. The molecule has 371 valence electrons. The molecule has 2 N–H and O–H groups in total. The molecular weight excluding hydrogens is 1020 g/mol. The van der Waals surface area contributed by atoms with Crippen molar-refractivity contribution < 1.29 is 55.9 Å². The van der Waals surface area contributed by atoms with Crippen molar-refractivity contribution in [2.45, 2.75) is 0 Å². The van der Waals surface area contributed by atoms with E-state index in [0.29, 0.717) is 90.1 Å². The molecule has 0 unspecified atom stereocenters. The van der Waals surface area contributed by atoms with Crippen LogP contribution in [-0.4, -0.2) is 65.0 Å². The van der Waals surface area contributed by atoms with Crippen LogP contribution in [0.3, 0.4) is 0 Å². The minimum absolute atomic E-state index is 0. The number of ether oxygens (including phenoxy) is 2. The molecule has 0 aliphatic carbocycles. The second-order valence-corrected chi connectivity index (χ2v) is 17.7. The smallest absolute Gasteiger partial charge is 0.478 e. The Morgan fingerprint density at radius 1 is 0.364 bits per heavy atom. The zero-order valence-corrected chi connectivity index (χ0v) is 40.5. The molecule has 3 aromatic heterocycles. The van der Waals surface area contributed by atoms with Gasteiger partial charge in [0.25, 0.3) is 12.9 Å². The Bertz CT molecular complexity index is 4460. The first-order valence-corrected chi connectivity index (χ1v) is 23.5. The maximum absolute atomic E-state index is 13.2. The molecule has 0 amide bonds. The molecule has 8 bridgehead atoms. The third-order valence-corrected chi connectivity index (χ3v) is 13.3. The zero-order valence-electron chi connectivity index (χ0n) is 39.5. The summed E-state index contributed by atoms with van der Waals surface area (Å²) in [5, 5.41) is 23.1. The summed E-state index contributed by atoms with van der Waals surface area (Å²) in [4.78, 5) is 91.1. The van der Waals surface area contributed by atoms with Crippen LogP contribution in [0.5, 0.6) is 11.5 Å². The van der Waals surface area contributed by atoms with Crippen molar-refractivity contribution in [2.24, 2.45) is 0 Å². The van der Waals surface area contributed by atoms with Crippen LogP contribution in [0.1, 0.15) is 20.7 Å². The molecule has 13 rings (SSSR count). The van der Waals surface area contributed by atoms with Crippen molar-refractivity contribution in [3.05, 3.63) is 181 Å². The van der Waals surface area contributed by atoms with Crippen molar-refractivity contribution in [3.8, 4) is 102 Å². The zero-order chi connectivity index (χ0) is 51.6. The normalized spacial score (nSPS) is 11.3. The summed E-state index contributed by atoms with van der Waals surface area (Å²) in [5.41, 5.74) is 6.46. The number of nitrogens with zero attached hydrogens (tertiary/aromatic N) is 8. The Labute approximate surface area is 445 Å². The number of fused-ring (bicyclic) bond motifs is 20. The summed E-state index contributed by atoms with van der Waals surface area (Å²) < 4.78 is 11.3. The molecule has 11 aromatic rings. The van der Waals surface area contributed by atoms with Gasteiger partial charge in [-0.3, -0.25) is 9.59 Å². The number of carboxylic acid groups (broad SMARTS) is 2. The molecule has 1 radical (unpaired) electrons. The molecule has 2 aliphatic rings. The fourth-order valence-electron chi connectivity index (χ4n) is 9.86. The van der Waals surface area contributed by atoms with Gasteiger partial charge in [0.05, 0.1) is 34.4 Å². The Morgan fingerprint density at radius 3 is 1.10 bits per heavy atom. The fourth-order valence-corrected chi connectivity index (χ4v) is 9.86. The summed E-state index contributed by atoms with van der Waals surface area (Å²) in [6.45, 7) is 0.669. The third-order valence-electron chi connectivity index (χ3n) is 13.3. The summed E-state index contributed by atoms with van der Waals surface area (Å²) in [5.74, 6) is -1.61. The van der Waals surface area contributed by atoms with E-state index < -0.39 is 11.9 Å². The van der Waals surface area contributed by atoms with E-state index in [1.165, 1.54) is 12.1 Å². The van der Waals surface area contributed by atoms with E-state index in [1.54, 1.807) is 84.9 Å². The standard InChI is InChI=1S/C60H34N8O8.Cu/c69-29-75-49-27-45-41(23-37(49)33-17-9-3-10-18-33)53-64-54-42-24-38(34-19-11-4-12-20-34)50(76-30-70)28-46(42)58(66-54)68-56-44-26-48(60(73)74)36(32-15-7-2-8-16-32)22-40(44)52(63-56)61-51-39-21-35(31-13-5-1-6-14-31)47(59(71)72)25-43(39)55(62-51)67-57(45)65-53;/h1-30H,(H4,61,62,63,64,65,66,67,68,71,72,73,74);/q;+2/p-2. The van der Waals surface area contributed by atoms with Crippen molar-refractivity contribution in [1.82, 2.24) is 39.9 Å². The number of hydrogen-bond acceptors (Lipinski definition) is 12. The first-order valence-electron chi connectivity index (χ1n) is 23.5. The van der Waals surface area contributed by atoms with Crippen LogP contribution in [0.2, 0.25) is 0 Å². The predicted molar refractivity (Wildman–Crippen MR) is 283 cm³/mol. The topological polar surface area (TPSA) is 233 Å². The molecule has 5 heterocycles. The van der Waals surface area contributed by atoms with E-state index >= 15 is 0 Å². The molecule has 0 atom stereocenters. The number of carbonyl (C=O) groups is 4. The number of aromatic nitrogens is 8. The molecule has 16 nitrogen and oxygen atoms in total. The van der Waals surface area contributed by atoms with Gasteiger partial charge in [0.15, 0.2) is 0 Å². The molecule has 77 heavy (non-hydrogen) atoms. The van der Waals surface area contributed by atoms with E-state index in [1.807, 2.05) is 72.8 Å². The van der Waals surface area contributed by atoms with Crippen molar-refractivity contribution in [2.75, 3.05) is 0 Å². The maximum atomic E-state index is 13.2. The first kappa shape index (κ1) is 47.5. The van der Waals surface area contributed by atoms with Gasteiger partial charge in [0.1, 0.15) is 11.5 Å². The Balaban J connectivity index is 0.00000596. The molecule has 17 heteroatoms. The molecule has 0 saturated carbocycles. The summed E-state index contributed by atoms with van der Waals surface area (Å²) >= 11 is 0. The van der Waals surface area contributed by atoms with E-state index in [9.17, 15) is 29.4 Å². The summed E-state index contributed by atoms with van der Waals surface area (Å²) in [7, 11) is 0. The van der Waals surface area contributed by atoms with Gasteiger partial charge < -0.3 is 49.6 Å². The maximum Gasteiger partial charge on any atom is 2.00 e. The SMILES string of the molecule is O=COc1cc2c(cc1-c1ccccc1)-c1nc-2nc2[n-]c(nc3nc(nc4[n-]c(n1)c1cc(-c5ccccc5)c(OC=O)cc41)-c1cc(C(=O)O)c(-c4ccccc4)cc1-3)c1cc(-c3ccccc3)c(C(=O)O)cc21.[Cu+2]. The number of hydrogen-bond donors (Lipinski definition) is 2. The van der Waals surface area contributed by atoms with Crippen LogP contribution in [0, 0.1) is 0 Å². The monoisotopic (exact) mass is 1060 g/mol. The van der Waals surface area contributed by atoms with Gasteiger partial charge in [0, 0.05) is 56.0 Å². The second-order valence-electron chi connectivity index (χ2n) is 17.7. The number of benzene rings is 8. The van der Waals surface area contributed by atoms with Crippen LogP contribution in [0.15, 0.2) is 170 Å². The number of carbonyl (C=O) groups excluding carboxylic acids is 2. The summed E-state index contributed by atoms with van der Waals surface area (Å²) in [6.07, 6.45) is 0.